The number of para-hydroxylation sites is 6. The minimum Gasteiger partial charge on any atom is -0.456 e. The van der Waals surface area contributed by atoms with Crippen molar-refractivity contribution in [1.82, 2.24) is 19.9 Å². The summed E-state index contributed by atoms with van der Waals surface area (Å²) in [6.07, 6.45) is 0. The summed E-state index contributed by atoms with van der Waals surface area (Å²) in [4.78, 5) is 20.9. The number of fused-ring (bicyclic) bond motifs is 12. The number of benzene rings is 9. The molecule has 65 heavy (non-hydrogen) atoms. The Balaban J connectivity index is 1.04. The Morgan fingerprint density at radius 3 is 1.55 bits per heavy atom. The summed E-state index contributed by atoms with van der Waals surface area (Å²) in [5.41, 5.74) is 11.9. The number of hydrogen-bond donors (Lipinski definition) is 0. The van der Waals surface area contributed by atoms with Crippen LogP contribution in [0.25, 0.3) is 144 Å². The van der Waals surface area contributed by atoms with Crippen molar-refractivity contribution in [3.63, 3.8) is 0 Å². The standard InChI is InChI=1S/C58H32N4O3/c1-2-15-33(16-3-1)56-60-57(62-58(61-56)43-26-14-24-39-37-20-6-10-29-47(37)65-55(39)43)35-18-12-17-34(31-35)53-44-32-49-51(41-22-7-11-30-48(41)63-49)52(50(44)40-21-4-8-27-45(40)59-53)42-25-13-23-38-36-19-5-9-28-46(36)64-54(38)42/h1-32H. The fraction of sp³-hybridized carbons (Fsp3) is 0. The van der Waals surface area contributed by atoms with Crippen LogP contribution in [0.2, 0.25) is 0 Å². The molecule has 0 unspecified atom stereocenters. The molecule has 0 radical (unpaired) electrons. The Kier molecular flexibility index (Phi) is 7.55. The molecule has 0 saturated heterocycles. The van der Waals surface area contributed by atoms with Gasteiger partial charge in [-0.3, -0.25) is 0 Å². The highest BCUT2D eigenvalue weighted by atomic mass is 16.3. The Morgan fingerprint density at radius 2 is 0.815 bits per heavy atom. The van der Waals surface area contributed by atoms with Crippen LogP contribution < -0.4 is 0 Å². The lowest BCUT2D eigenvalue weighted by Crippen LogP contribution is -2.00. The van der Waals surface area contributed by atoms with E-state index < -0.39 is 0 Å². The lowest BCUT2D eigenvalue weighted by Gasteiger charge is -2.16. The Labute approximate surface area is 369 Å². The summed E-state index contributed by atoms with van der Waals surface area (Å²) in [7, 11) is 0. The van der Waals surface area contributed by atoms with Crippen molar-refractivity contribution in [2.45, 2.75) is 0 Å². The van der Waals surface area contributed by atoms with Gasteiger partial charge in [-0.1, -0.05) is 152 Å². The first kappa shape index (κ1) is 35.6. The van der Waals surface area contributed by atoms with Crippen LogP contribution in [-0.4, -0.2) is 19.9 Å². The summed E-state index contributed by atoms with van der Waals surface area (Å²) in [5.74, 6) is 1.62. The van der Waals surface area contributed by atoms with E-state index in [-0.39, 0.29) is 0 Å². The molecule has 0 N–H and O–H groups in total. The zero-order chi connectivity index (χ0) is 42.6. The molecule has 0 aliphatic heterocycles. The number of aromatic nitrogens is 4. The maximum Gasteiger partial charge on any atom is 0.167 e. The van der Waals surface area contributed by atoms with Crippen LogP contribution in [0.4, 0.5) is 0 Å². The zero-order valence-electron chi connectivity index (χ0n) is 34.5. The average molecular weight is 833 g/mol. The van der Waals surface area contributed by atoms with Crippen molar-refractivity contribution >= 4 is 87.5 Å². The van der Waals surface area contributed by atoms with Crippen LogP contribution in [0.1, 0.15) is 0 Å². The molecule has 0 spiro atoms. The van der Waals surface area contributed by atoms with Crippen LogP contribution in [0.15, 0.2) is 207 Å². The Bertz CT molecular complexity index is 4260. The first-order valence-corrected chi connectivity index (χ1v) is 21.6. The van der Waals surface area contributed by atoms with E-state index in [1.165, 1.54) is 0 Å². The Hall–Kier alpha value is -8.94. The maximum absolute atomic E-state index is 6.77. The third-order valence-electron chi connectivity index (χ3n) is 12.7. The second-order valence-corrected chi connectivity index (χ2v) is 16.4. The second-order valence-electron chi connectivity index (χ2n) is 16.4. The van der Waals surface area contributed by atoms with Crippen molar-refractivity contribution in [2.24, 2.45) is 0 Å². The van der Waals surface area contributed by atoms with E-state index in [1.807, 2.05) is 97.1 Å². The summed E-state index contributed by atoms with van der Waals surface area (Å²) >= 11 is 0. The number of pyridine rings is 1. The fourth-order valence-corrected chi connectivity index (χ4v) is 9.82. The molecule has 7 nitrogen and oxygen atoms in total. The van der Waals surface area contributed by atoms with E-state index >= 15 is 0 Å². The molecule has 5 aromatic heterocycles. The number of furan rings is 3. The average Bonchev–Trinajstić information content (AvgIpc) is 4.07. The summed E-state index contributed by atoms with van der Waals surface area (Å²) in [6.45, 7) is 0. The van der Waals surface area contributed by atoms with Crippen molar-refractivity contribution in [1.29, 1.82) is 0 Å². The lowest BCUT2D eigenvalue weighted by atomic mass is 9.88. The third kappa shape index (κ3) is 5.42. The summed E-state index contributed by atoms with van der Waals surface area (Å²) in [5, 5.41) is 9.31. The van der Waals surface area contributed by atoms with Crippen molar-refractivity contribution in [2.75, 3.05) is 0 Å². The number of hydrogen-bond acceptors (Lipinski definition) is 7. The lowest BCUT2D eigenvalue weighted by molar-refractivity contribution is 0.669. The predicted molar refractivity (Wildman–Crippen MR) is 262 cm³/mol. The number of nitrogens with zero attached hydrogens (tertiary/aromatic N) is 4. The SMILES string of the molecule is c1ccc(-c2nc(-c3cccc(-c4nc5ccccc5c5c(-c6cccc7c6oc6ccccc67)c6c(cc45)oc4ccccc46)c3)nc(-c3cccc4c3oc3ccccc34)n2)cc1. The highest BCUT2D eigenvalue weighted by Crippen LogP contribution is 2.49. The molecule has 5 heterocycles. The highest BCUT2D eigenvalue weighted by Gasteiger charge is 2.25. The molecule has 0 atom stereocenters. The van der Waals surface area contributed by atoms with Gasteiger partial charge in [0.2, 0.25) is 0 Å². The van der Waals surface area contributed by atoms with Crippen LogP contribution >= 0.6 is 0 Å². The van der Waals surface area contributed by atoms with Crippen LogP contribution in [0, 0.1) is 0 Å². The molecule has 0 amide bonds. The van der Waals surface area contributed by atoms with Gasteiger partial charge >= 0.3 is 0 Å². The van der Waals surface area contributed by atoms with E-state index in [2.05, 4.69) is 97.1 Å². The minimum absolute atomic E-state index is 0.523. The van der Waals surface area contributed by atoms with Gasteiger partial charge in [0, 0.05) is 76.3 Å². The maximum atomic E-state index is 6.77. The summed E-state index contributed by atoms with van der Waals surface area (Å²) < 4.78 is 20.0. The summed E-state index contributed by atoms with van der Waals surface area (Å²) in [6, 6.07) is 66.1. The van der Waals surface area contributed by atoms with E-state index in [0.717, 1.165) is 127 Å². The van der Waals surface area contributed by atoms with Crippen LogP contribution in [0.5, 0.6) is 0 Å². The quantitative estimate of drug-likeness (QED) is 0.160. The highest BCUT2D eigenvalue weighted by molar-refractivity contribution is 6.30. The molecule has 14 rings (SSSR count). The predicted octanol–water partition coefficient (Wildman–Crippen LogP) is 15.6. The van der Waals surface area contributed by atoms with E-state index in [4.69, 9.17) is 33.2 Å². The van der Waals surface area contributed by atoms with Crippen molar-refractivity contribution in [3.05, 3.63) is 194 Å². The van der Waals surface area contributed by atoms with Crippen molar-refractivity contribution < 1.29 is 13.3 Å². The third-order valence-corrected chi connectivity index (χ3v) is 12.7. The van der Waals surface area contributed by atoms with Crippen molar-refractivity contribution in [3.8, 4) is 56.5 Å². The van der Waals surface area contributed by atoms with Gasteiger partial charge in [-0.25, -0.2) is 19.9 Å². The molecule has 0 bridgehead atoms. The molecule has 0 aliphatic carbocycles. The van der Waals surface area contributed by atoms with E-state index in [1.54, 1.807) is 0 Å². The van der Waals surface area contributed by atoms with Gasteiger partial charge in [0.15, 0.2) is 17.5 Å². The van der Waals surface area contributed by atoms with E-state index in [9.17, 15) is 0 Å². The molecule has 0 fully saturated rings. The fourth-order valence-electron chi connectivity index (χ4n) is 9.82. The van der Waals surface area contributed by atoms with Gasteiger partial charge < -0.3 is 13.3 Å². The smallest absolute Gasteiger partial charge is 0.167 e. The van der Waals surface area contributed by atoms with Gasteiger partial charge in [-0.05, 0) is 42.5 Å². The van der Waals surface area contributed by atoms with E-state index in [0.29, 0.717) is 17.5 Å². The first-order chi connectivity index (χ1) is 32.2. The van der Waals surface area contributed by atoms with Crippen LogP contribution in [0.3, 0.4) is 0 Å². The second kappa shape index (κ2) is 13.8. The normalized spacial score (nSPS) is 12.0. The van der Waals surface area contributed by atoms with Gasteiger partial charge in [-0.2, -0.15) is 0 Å². The Morgan fingerprint density at radius 1 is 0.292 bits per heavy atom. The zero-order valence-corrected chi connectivity index (χ0v) is 34.5. The van der Waals surface area contributed by atoms with Crippen LogP contribution in [-0.2, 0) is 0 Å². The molecular weight excluding hydrogens is 801 g/mol. The largest absolute Gasteiger partial charge is 0.456 e. The minimum atomic E-state index is 0.523. The van der Waals surface area contributed by atoms with Gasteiger partial charge in [0.25, 0.3) is 0 Å². The molecule has 302 valence electrons. The molecule has 0 aliphatic rings. The van der Waals surface area contributed by atoms with Gasteiger partial charge in [0.05, 0.1) is 16.8 Å². The molecule has 9 aromatic carbocycles. The number of rotatable bonds is 5. The first-order valence-electron chi connectivity index (χ1n) is 21.6. The topological polar surface area (TPSA) is 91.0 Å². The van der Waals surface area contributed by atoms with Gasteiger partial charge in [-0.15, -0.1) is 0 Å². The van der Waals surface area contributed by atoms with Gasteiger partial charge in [0.1, 0.15) is 33.5 Å². The molecular formula is C58H32N4O3. The molecule has 0 saturated carbocycles. The molecule has 14 aromatic rings. The molecule has 7 heteroatoms. The monoisotopic (exact) mass is 832 g/mol.